The lowest BCUT2D eigenvalue weighted by atomic mass is 9.88. The number of nitrogens with zero attached hydrogens (tertiary/aromatic N) is 2. The van der Waals surface area contributed by atoms with E-state index in [-0.39, 0.29) is 0 Å². The summed E-state index contributed by atoms with van der Waals surface area (Å²) in [5.41, 5.74) is 8.31. The van der Waals surface area contributed by atoms with E-state index < -0.39 is 0 Å². The van der Waals surface area contributed by atoms with Crippen molar-refractivity contribution in [1.82, 2.24) is 0 Å². The van der Waals surface area contributed by atoms with Gasteiger partial charge in [-0.15, -0.1) is 9.24 Å². The second-order valence-electron chi connectivity index (χ2n) is 9.17. The first-order chi connectivity index (χ1) is 15.5. The smallest absolute Gasteiger partial charge is 0.173 e. The van der Waals surface area contributed by atoms with Gasteiger partial charge in [0.1, 0.15) is 0 Å². The number of hydrogen-bond acceptors (Lipinski definition) is 4. The van der Waals surface area contributed by atoms with E-state index in [1.807, 2.05) is 0 Å². The second-order valence-corrected chi connectivity index (χ2v) is 10.4. The Morgan fingerprint density at radius 3 is 0.906 bits per heavy atom. The van der Waals surface area contributed by atoms with Crippen molar-refractivity contribution < 1.29 is 0 Å². The van der Waals surface area contributed by atoms with Crippen molar-refractivity contribution in [2.24, 2.45) is 11.5 Å². The maximum Gasteiger partial charge on any atom is 0.173 e. The Labute approximate surface area is 204 Å². The third-order valence-electron chi connectivity index (χ3n) is 6.08. The van der Waals surface area contributed by atoms with Crippen LogP contribution in [0.3, 0.4) is 0 Å². The molecule has 0 amide bonds. The minimum absolute atomic E-state index is 0.556. The summed E-state index contributed by atoms with van der Waals surface area (Å²) < 4.78 is 0. The molecule has 4 nitrogen and oxygen atoms in total. The van der Waals surface area contributed by atoms with E-state index in [4.69, 9.17) is 10.5 Å². The second kappa shape index (κ2) is 32.2. The molecular formula is C27H57N4P. The Balaban J connectivity index is -0.00000125. The number of nitriles is 2. The van der Waals surface area contributed by atoms with Gasteiger partial charge in [-0.2, -0.15) is 10.5 Å². The first-order valence-corrected chi connectivity index (χ1v) is 14.1. The van der Waals surface area contributed by atoms with E-state index in [1.165, 1.54) is 147 Å². The van der Waals surface area contributed by atoms with Crippen LogP contribution < -0.4 is 11.5 Å². The van der Waals surface area contributed by atoms with Gasteiger partial charge >= 0.3 is 0 Å². The molecule has 0 saturated heterocycles. The molecule has 0 aliphatic heterocycles. The van der Waals surface area contributed by atoms with Crippen LogP contribution >= 0.6 is 9.24 Å². The van der Waals surface area contributed by atoms with Crippen molar-refractivity contribution in [3.63, 3.8) is 0 Å². The standard InChI is InChI=1S/C25H53P.2CH2N2/c1-4-7-10-13-16-19-22-25(26,23-20-17-14-11-8-5-2)24-21-18-15-12-9-6-3;2*2-1-3/h4-24,26H2,1-3H3;2*2H2. The fourth-order valence-corrected chi connectivity index (χ4v) is 4.76. The zero-order chi connectivity index (χ0) is 24.8. The first kappa shape index (κ1) is 35.6. The minimum Gasteiger partial charge on any atom is -0.337 e. The van der Waals surface area contributed by atoms with Crippen LogP contribution in [0.5, 0.6) is 0 Å². The normalized spacial score (nSPS) is 10.2. The zero-order valence-electron chi connectivity index (χ0n) is 22.0. The summed E-state index contributed by atoms with van der Waals surface area (Å²) in [5.74, 6) is 0. The van der Waals surface area contributed by atoms with Gasteiger partial charge in [0, 0.05) is 0 Å². The van der Waals surface area contributed by atoms with Gasteiger partial charge in [0.15, 0.2) is 12.4 Å². The van der Waals surface area contributed by atoms with Crippen LogP contribution in [-0.2, 0) is 0 Å². The van der Waals surface area contributed by atoms with Crippen LogP contribution in [0.25, 0.3) is 0 Å². The highest BCUT2D eigenvalue weighted by Crippen LogP contribution is 2.37. The van der Waals surface area contributed by atoms with Crippen molar-refractivity contribution in [2.75, 3.05) is 0 Å². The number of nitrogens with two attached hydrogens (primary N) is 2. The molecule has 0 aromatic rings. The summed E-state index contributed by atoms with van der Waals surface area (Å²) in [7, 11) is 3.34. The highest BCUT2D eigenvalue weighted by molar-refractivity contribution is 7.19. The van der Waals surface area contributed by atoms with Crippen LogP contribution in [0.4, 0.5) is 0 Å². The molecule has 190 valence electrons. The fourth-order valence-electron chi connectivity index (χ4n) is 4.15. The largest absolute Gasteiger partial charge is 0.337 e. The van der Waals surface area contributed by atoms with Gasteiger partial charge in [0.25, 0.3) is 0 Å². The molecule has 32 heavy (non-hydrogen) atoms. The molecule has 1 atom stereocenters. The summed E-state index contributed by atoms with van der Waals surface area (Å²) in [6.45, 7) is 6.94. The number of unbranched alkanes of at least 4 members (excludes halogenated alkanes) is 15. The third-order valence-corrected chi connectivity index (χ3v) is 6.95. The Bertz CT molecular complexity index is 362. The van der Waals surface area contributed by atoms with Crippen molar-refractivity contribution in [3.05, 3.63) is 0 Å². The molecule has 0 fully saturated rings. The Hall–Kier alpha value is -0.990. The Morgan fingerprint density at radius 2 is 0.688 bits per heavy atom. The van der Waals surface area contributed by atoms with Gasteiger partial charge in [-0.05, 0) is 24.4 Å². The van der Waals surface area contributed by atoms with Crippen LogP contribution in [-0.4, -0.2) is 5.16 Å². The summed E-state index contributed by atoms with van der Waals surface area (Å²) in [6, 6.07) is 0. The zero-order valence-corrected chi connectivity index (χ0v) is 23.1. The lowest BCUT2D eigenvalue weighted by molar-refractivity contribution is 0.402. The molecule has 0 spiro atoms. The summed E-state index contributed by atoms with van der Waals surface area (Å²) in [5, 5.41) is 14.8. The number of rotatable bonds is 21. The van der Waals surface area contributed by atoms with Gasteiger partial charge in [-0.25, -0.2) is 0 Å². The predicted molar refractivity (Wildman–Crippen MR) is 146 cm³/mol. The summed E-state index contributed by atoms with van der Waals surface area (Å²) in [6.07, 6.45) is 32.7. The lowest BCUT2D eigenvalue weighted by Gasteiger charge is -2.30. The van der Waals surface area contributed by atoms with Gasteiger partial charge in [0.2, 0.25) is 0 Å². The molecule has 0 heterocycles. The molecule has 1 unspecified atom stereocenters. The Morgan fingerprint density at radius 1 is 0.500 bits per heavy atom. The van der Waals surface area contributed by atoms with Gasteiger partial charge in [0.05, 0.1) is 0 Å². The number of hydrogen-bond donors (Lipinski definition) is 2. The van der Waals surface area contributed by atoms with E-state index in [0.29, 0.717) is 5.16 Å². The molecule has 0 saturated carbocycles. The van der Waals surface area contributed by atoms with E-state index in [1.54, 1.807) is 0 Å². The van der Waals surface area contributed by atoms with Crippen LogP contribution in [0.15, 0.2) is 0 Å². The van der Waals surface area contributed by atoms with E-state index in [9.17, 15) is 0 Å². The topological polar surface area (TPSA) is 99.6 Å². The molecule has 4 N–H and O–H groups in total. The first-order valence-electron chi connectivity index (χ1n) is 13.5. The summed E-state index contributed by atoms with van der Waals surface area (Å²) in [4.78, 5) is 0. The predicted octanol–water partition coefficient (Wildman–Crippen LogP) is 8.70. The molecule has 0 aromatic heterocycles. The van der Waals surface area contributed by atoms with Crippen LogP contribution in [0.2, 0.25) is 0 Å². The van der Waals surface area contributed by atoms with E-state index >= 15 is 0 Å². The molecule has 0 bridgehead atoms. The minimum atomic E-state index is 0.556. The van der Waals surface area contributed by atoms with Gasteiger partial charge < -0.3 is 11.5 Å². The molecule has 0 aromatic carbocycles. The molecule has 5 heteroatoms. The SMILES string of the molecule is CCCCCCCCC(P)(CCCCCCCC)CCCCCCCC.N#CN.N#CN. The van der Waals surface area contributed by atoms with Crippen LogP contribution in [0, 0.1) is 22.9 Å². The molecule has 0 radical (unpaired) electrons. The monoisotopic (exact) mass is 468 g/mol. The maximum atomic E-state index is 7.10. The van der Waals surface area contributed by atoms with E-state index in [0.717, 1.165) is 0 Å². The van der Waals surface area contributed by atoms with Crippen molar-refractivity contribution in [3.8, 4) is 12.4 Å². The molecule has 0 aliphatic carbocycles. The van der Waals surface area contributed by atoms with Gasteiger partial charge in [-0.3, -0.25) is 0 Å². The third kappa shape index (κ3) is 33.6. The molecule has 0 aliphatic rings. The molecule has 0 rings (SSSR count). The molecular weight excluding hydrogens is 411 g/mol. The summed E-state index contributed by atoms with van der Waals surface area (Å²) >= 11 is 0. The van der Waals surface area contributed by atoms with Gasteiger partial charge in [-0.1, -0.05) is 136 Å². The average molecular weight is 469 g/mol. The van der Waals surface area contributed by atoms with E-state index in [2.05, 4.69) is 41.5 Å². The fraction of sp³-hybridized carbons (Fsp3) is 0.926. The lowest BCUT2D eigenvalue weighted by Crippen LogP contribution is -2.20. The van der Waals surface area contributed by atoms with Crippen molar-refractivity contribution in [2.45, 2.75) is 161 Å². The van der Waals surface area contributed by atoms with Crippen LogP contribution in [0.1, 0.15) is 156 Å². The quantitative estimate of drug-likeness (QED) is 0.0761. The Kier molecular flexibility index (Phi) is 35.8. The van der Waals surface area contributed by atoms with Crippen molar-refractivity contribution >= 4 is 9.24 Å². The maximum absolute atomic E-state index is 7.10. The average Bonchev–Trinajstić information content (AvgIpc) is 2.77. The van der Waals surface area contributed by atoms with Crippen molar-refractivity contribution in [1.29, 1.82) is 10.5 Å². The highest BCUT2D eigenvalue weighted by Gasteiger charge is 2.23. The highest BCUT2D eigenvalue weighted by atomic mass is 31.0.